The molecule has 9 nitrogen and oxygen atoms in total. The Morgan fingerprint density at radius 3 is 2.48 bits per heavy atom. The number of aromatic nitrogens is 1. The number of nitrogen functional groups attached to an aromatic ring is 2. The molecule has 6 N–H and O–H groups in total. The maximum atomic E-state index is 14.2. The van der Waals surface area contributed by atoms with Crippen LogP contribution in [0, 0.1) is 34.4 Å². The number of ether oxygens (including phenoxy) is 1. The quantitative estimate of drug-likeness (QED) is 0.455. The predicted octanol–water partition coefficient (Wildman–Crippen LogP) is 1.35. The van der Waals surface area contributed by atoms with Crippen molar-refractivity contribution in [2.45, 2.75) is 6.04 Å². The minimum atomic E-state index is -1.05. The molecule has 0 radical (unpaired) electrons. The van der Waals surface area contributed by atoms with E-state index < -0.39 is 23.4 Å². The third kappa shape index (κ3) is 2.87. The molecule has 1 aromatic carbocycles. The van der Waals surface area contributed by atoms with E-state index in [9.17, 15) is 14.0 Å². The number of methoxy groups -OCH3 is 1. The molecule has 0 aliphatic carbocycles. The van der Waals surface area contributed by atoms with E-state index in [1.165, 1.54) is 0 Å². The van der Waals surface area contributed by atoms with Crippen LogP contribution in [-0.4, -0.2) is 18.1 Å². The first-order valence-corrected chi connectivity index (χ1v) is 7.43. The zero-order chi connectivity index (χ0) is 19.7. The second-order valence-corrected chi connectivity index (χ2v) is 5.42. The average molecular weight is 370 g/mol. The molecular formula is C16H12F2N8O. The molecule has 2 aromatic rings. The number of guanidine groups is 1. The van der Waals surface area contributed by atoms with Gasteiger partial charge in [0.1, 0.15) is 29.3 Å². The van der Waals surface area contributed by atoms with E-state index in [0.29, 0.717) is 0 Å². The molecule has 0 fully saturated rings. The molecule has 1 aliphatic heterocycles. The summed E-state index contributed by atoms with van der Waals surface area (Å²) in [6.07, 6.45) is 1.68. The molecule has 3 rings (SSSR count). The zero-order valence-corrected chi connectivity index (χ0v) is 13.8. The van der Waals surface area contributed by atoms with Gasteiger partial charge in [0, 0.05) is 5.56 Å². The Kier molecular flexibility index (Phi) is 4.36. The van der Waals surface area contributed by atoms with Crippen LogP contribution < -0.4 is 26.8 Å². The molecular weight excluding hydrogens is 358 g/mol. The number of nitrogens with one attached hydrogen (secondary N) is 2. The van der Waals surface area contributed by atoms with Crippen molar-refractivity contribution in [3.63, 3.8) is 0 Å². The van der Waals surface area contributed by atoms with Gasteiger partial charge in [-0.05, 0) is 17.7 Å². The minimum absolute atomic E-state index is 0.0253. The van der Waals surface area contributed by atoms with E-state index in [2.05, 4.69) is 25.3 Å². The van der Waals surface area contributed by atoms with Crippen LogP contribution in [0.2, 0.25) is 0 Å². The Morgan fingerprint density at radius 2 is 1.93 bits per heavy atom. The monoisotopic (exact) mass is 370 g/mol. The van der Waals surface area contributed by atoms with Gasteiger partial charge in [-0.3, -0.25) is 5.32 Å². The molecule has 0 spiro atoms. The number of nitrogens with zero attached hydrogens (tertiary/aromatic N) is 4. The number of anilines is 3. The molecule has 1 atom stereocenters. The molecule has 0 amide bonds. The Morgan fingerprint density at radius 1 is 1.26 bits per heavy atom. The smallest absolute Gasteiger partial charge is 0.211 e. The zero-order valence-electron chi connectivity index (χ0n) is 13.8. The lowest BCUT2D eigenvalue weighted by molar-refractivity contribution is 0.359. The van der Waals surface area contributed by atoms with Gasteiger partial charge in [0.25, 0.3) is 0 Å². The lowest BCUT2D eigenvalue weighted by Crippen LogP contribution is -2.32. The SMILES string of the molecule is COc1c(F)cc(C2N=C(NC#N)Nc3nc(N)c(C#N)c(N)c32)cc1F. The van der Waals surface area contributed by atoms with Gasteiger partial charge >= 0.3 is 0 Å². The summed E-state index contributed by atoms with van der Waals surface area (Å²) in [5.41, 5.74) is 11.9. The van der Waals surface area contributed by atoms with Gasteiger partial charge in [0.2, 0.25) is 5.96 Å². The number of nitriles is 2. The molecule has 0 saturated carbocycles. The van der Waals surface area contributed by atoms with Gasteiger partial charge in [0.05, 0.1) is 12.8 Å². The van der Waals surface area contributed by atoms with Crippen molar-refractivity contribution in [2.75, 3.05) is 23.9 Å². The largest absolute Gasteiger partial charge is 0.491 e. The van der Waals surface area contributed by atoms with E-state index in [0.717, 1.165) is 19.2 Å². The Hall–Kier alpha value is -4.12. The molecule has 1 aliphatic rings. The van der Waals surface area contributed by atoms with Gasteiger partial charge < -0.3 is 21.5 Å². The van der Waals surface area contributed by atoms with Crippen molar-refractivity contribution >= 4 is 23.3 Å². The van der Waals surface area contributed by atoms with E-state index in [4.69, 9.17) is 16.7 Å². The number of halogens is 2. The lowest BCUT2D eigenvalue weighted by atomic mass is 9.95. The minimum Gasteiger partial charge on any atom is -0.491 e. The van der Waals surface area contributed by atoms with Crippen molar-refractivity contribution in [3.8, 4) is 18.0 Å². The summed E-state index contributed by atoms with van der Waals surface area (Å²) >= 11 is 0. The summed E-state index contributed by atoms with van der Waals surface area (Å²) in [5, 5.41) is 23.1. The highest BCUT2D eigenvalue weighted by atomic mass is 19.1. The number of aliphatic imine (C=N–C) groups is 1. The standard InChI is InChI=1S/C16H12F2N8O/c1-27-13-8(17)2-6(3-9(13)18)12-10-11(21)7(4-19)14(22)25-15(10)26-16(24-12)23-5-20/h2-3,12H,1H3,(H6,21,22,23,24,25,26). The Labute approximate surface area is 151 Å². The molecule has 0 saturated heterocycles. The lowest BCUT2D eigenvalue weighted by Gasteiger charge is -2.26. The van der Waals surface area contributed by atoms with Crippen molar-refractivity contribution < 1.29 is 13.5 Å². The van der Waals surface area contributed by atoms with Crippen molar-refractivity contribution in [1.29, 1.82) is 10.5 Å². The summed E-state index contributed by atoms with van der Waals surface area (Å²) in [6.45, 7) is 0. The fraction of sp³-hybridized carbons (Fsp3) is 0.125. The molecule has 0 bridgehead atoms. The number of rotatable bonds is 2. The van der Waals surface area contributed by atoms with E-state index in [1.807, 2.05) is 6.07 Å². The Balaban J connectivity index is 2.27. The van der Waals surface area contributed by atoms with Crippen LogP contribution in [0.15, 0.2) is 17.1 Å². The van der Waals surface area contributed by atoms with Crippen LogP contribution in [0.4, 0.5) is 26.1 Å². The van der Waals surface area contributed by atoms with Crippen LogP contribution in [-0.2, 0) is 0 Å². The second kappa shape index (κ2) is 6.65. The van der Waals surface area contributed by atoms with Crippen LogP contribution in [0.25, 0.3) is 0 Å². The van der Waals surface area contributed by atoms with Crippen LogP contribution in [0.5, 0.6) is 5.75 Å². The first-order chi connectivity index (χ1) is 12.9. The number of hydrogen-bond acceptors (Lipinski definition) is 9. The highest BCUT2D eigenvalue weighted by Gasteiger charge is 2.30. The van der Waals surface area contributed by atoms with E-state index >= 15 is 0 Å². The van der Waals surface area contributed by atoms with Gasteiger partial charge in [-0.15, -0.1) is 0 Å². The maximum Gasteiger partial charge on any atom is 0.211 e. The predicted molar refractivity (Wildman–Crippen MR) is 92.3 cm³/mol. The highest BCUT2D eigenvalue weighted by molar-refractivity contribution is 5.98. The van der Waals surface area contributed by atoms with E-state index in [-0.39, 0.29) is 40.0 Å². The highest BCUT2D eigenvalue weighted by Crippen LogP contribution is 2.41. The van der Waals surface area contributed by atoms with Crippen LogP contribution >= 0.6 is 0 Å². The van der Waals surface area contributed by atoms with Gasteiger partial charge in [-0.1, -0.05) is 0 Å². The summed E-state index contributed by atoms with van der Waals surface area (Å²) in [6, 6.07) is 2.84. The first-order valence-electron chi connectivity index (χ1n) is 7.43. The van der Waals surface area contributed by atoms with Crippen molar-refractivity contribution in [3.05, 3.63) is 40.5 Å². The molecule has 11 heteroatoms. The topological polar surface area (TPSA) is 158 Å². The molecule has 27 heavy (non-hydrogen) atoms. The normalized spacial score (nSPS) is 14.9. The molecule has 2 heterocycles. The summed E-state index contributed by atoms with van der Waals surface area (Å²) in [5.74, 6) is -2.49. The fourth-order valence-electron chi connectivity index (χ4n) is 2.75. The Bertz CT molecular complexity index is 1030. The number of nitrogens with two attached hydrogens (primary N) is 2. The van der Waals surface area contributed by atoms with E-state index in [1.54, 1.807) is 6.19 Å². The molecule has 1 aromatic heterocycles. The first kappa shape index (κ1) is 17.7. The van der Waals surface area contributed by atoms with Crippen molar-refractivity contribution in [2.24, 2.45) is 4.99 Å². The second-order valence-electron chi connectivity index (χ2n) is 5.42. The van der Waals surface area contributed by atoms with Gasteiger partial charge in [-0.2, -0.15) is 10.5 Å². The number of hydrogen-bond donors (Lipinski definition) is 4. The average Bonchev–Trinajstić information content (AvgIpc) is 2.61. The van der Waals surface area contributed by atoms with Crippen molar-refractivity contribution in [1.82, 2.24) is 10.3 Å². The number of pyridine rings is 1. The summed E-state index contributed by atoms with van der Waals surface area (Å²) in [7, 11) is 1.14. The molecule has 1 unspecified atom stereocenters. The fourth-order valence-corrected chi connectivity index (χ4v) is 2.75. The van der Waals surface area contributed by atoms with Crippen LogP contribution in [0.3, 0.4) is 0 Å². The van der Waals surface area contributed by atoms with Gasteiger partial charge in [-0.25, -0.2) is 18.8 Å². The van der Waals surface area contributed by atoms with Crippen LogP contribution in [0.1, 0.15) is 22.7 Å². The third-order valence-electron chi connectivity index (χ3n) is 3.90. The number of fused-ring (bicyclic) bond motifs is 1. The summed E-state index contributed by atoms with van der Waals surface area (Å²) in [4.78, 5) is 8.27. The summed E-state index contributed by atoms with van der Waals surface area (Å²) < 4.78 is 33.0. The number of benzene rings is 1. The third-order valence-corrected chi connectivity index (χ3v) is 3.90. The molecule has 136 valence electrons. The van der Waals surface area contributed by atoms with Gasteiger partial charge in [0.15, 0.2) is 23.6 Å². The maximum absolute atomic E-state index is 14.2.